The van der Waals surface area contributed by atoms with E-state index in [9.17, 15) is 12.6 Å². The van der Waals surface area contributed by atoms with Gasteiger partial charge in [0.1, 0.15) is 5.82 Å². The molecule has 0 bridgehead atoms. The van der Waals surface area contributed by atoms with Crippen molar-refractivity contribution in [2.45, 2.75) is 18.5 Å². The third-order valence-corrected chi connectivity index (χ3v) is 5.78. The van der Waals surface area contributed by atoms with E-state index in [1.54, 1.807) is 30.6 Å². The quantitative estimate of drug-likeness (QED) is 0.664. The van der Waals surface area contributed by atoms with Gasteiger partial charge < -0.3 is 4.57 Å². The van der Waals surface area contributed by atoms with Gasteiger partial charge in [0.15, 0.2) is 0 Å². The summed E-state index contributed by atoms with van der Waals surface area (Å²) in [6.45, 7) is 1.82. The average molecular weight is 378 g/mol. The Morgan fingerprint density at radius 3 is 2.76 bits per heavy atom. The molecule has 25 heavy (non-hydrogen) atoms. The van der Waals surface area contributed by atoms with Crippen molar-refractivity contribution in [3.8, 4) is 5.82 Å². The number of benzene rings is 1. The Bertz CT molecular complexity index is 1040. The van der Waals surface area contributed by atoms with Crippen LogP contribution in [0.2, 0.25) is 0 Å². The smallest absolute Gasteiger partial charge is 0.232 e. The van der Waals surface area contributed by atoms with Gasteiger partial charge >= 0.3 is 0 Å². The van der Waals surface area contributed by atoms with E-state index in [0.717, 1.165) is 10.9 Å². The molecule has 2 heterocycles. The Kier molecular flexibility index (Phi) is 4.87. The van der Waals surface area contributed by atoms with Gasteiger partial charge in [-0.1, -0.05) is 13.0 Å². The molecular formula is C16H18N4O3S2. The van der Waals surface area contributed by atoms with E-state index >= 15 is 0 Å². The van der Waals surface area contributed by atoms with Crippen LogP contribution >= 0.6 is 0 Å². The lowest BCUT2D eigenvalue weighted by molar-refractivity contribution is 0.600. The predicted octanol–water partition coefficient (Wildman–Crippen LogP) is 2.31. The lowest BCUT2D eigenvalue weighted by atomic mass is 10.2. The summed E-state index contributed by atoms with van der Waals surface area (Å²) in [6, 6.07) is 8.92. The molecule has 0 radical (unpaired) electrons. The van der Waals surface area contributed by atoms with E-state index in [4.69, 9.17) is 0 Å². The van der Waals surface area contributed by atoms with Crippen LogP contribution in [0.3, 0.4) is 0 Å². The number of rotatable bonds is 6. The van der Waals surface area contributed by atoms with Crippen molar-refractivity contribution < 1.29 is 12.6 Å². The molecule has 9 heteroatoms. The summed E-state index contributed by atoms with van der Waals surface area (Å²) in [5, 5.41) is 1.01. The Morgan fingerprint density at radius 2 is 2.04 bits per heavy atom. The summed E-state index contributed by atoms with van der Waals surface area (Å²) in [7, 11) is -4.66. The minimum absolute atomic E-state index is 0.0711. The largest absolute Gasteiger partial charge is 0.301 e. The van der Waals surface area contributed by atoms with Crippen LogP contribution in [0.4, 0.5) is 5.69 Å². The van der Waals surface area contributed by atoms with Crippen LogP contribution in [0.25, 0.3) is 16.7 Å². The molecule has 0 aliphatic heterocycles. The number of anilines is 1. The van der Waals surface area contributed by atoms with Crippen molar-refractivity contribution in [2.75, 3.05) is 16.7 Å². The summed E-state index contributed by atoms with van der Waals surface area (Å²) >= 11 is 0. The van der Waals surface area contributed by atoms with Gasteiger partial charge in [-0.25, -0.2) is 18.4 Å². The molecule has 3 rings (SSSR count). The molecular weight excluding hydrogens is 360 g/mol. The lowest BCUT2D eigenvalue weighted by Gasteiger charge is -2.09. The van der Waals surface area contributed by atoms with Gasteiger partial charge in [-0.3, -0.25) is 8.93 Å². The maximum atomic E-state index is 12.1. The van der Waals surface area contributed by atoms with Crippen molar-refractivity contribution in [1.29, 1.82) is 0 Å². The molecule has 0 aliphatic carbocycles. The Labute approximate surface area is 148 Å². The fourth-order valence-corrected chi connectivity index (χ4v) is 4.13. The standard InChI is InChI=1S/C16H18N4O3S2/c1-3-11-25(22,23)19-13-5-4-6-14-12(13)8-10-20(14)15-7-9-17-16(18-15)24(2)21/h4-10,19H,3,11H2,1-2H3. The third kappa shape index (κ3) is 3.72. The SMILES string of the molecule is CCCS(=O)(=O)Nc1cccc2c1ccn2-c1ccnc(S(C)=O)n1. The highest BCUT2D eigenvalue weighted by atomic mass is 32.2. The molecule has 0 saturated carbocycles. The van der Waals surface area contributed by atoms with Crippen LogP contribution in [-0.4, -0.2) is 39.2 Å². The molecule has 1 atom stereocenters. The van der Waals surface area contributed by atoms with Crippen LogP contribution in [0, 0.1) is 0 Å². The maximum absolute atomic E-state index is 12.1. The minimum atomic E-state index is -3.37. The topological polar surface area (TPSA) is 94.0 Å². The van der Waals surface area contributed by atoms with Crippen molar-refractivity contribution in [1.82, 2.24) is 14.5 Å². The van der Waals surface area contributed by atoms with E-state index in [2.05, 4.69) is 14.7 Å². The van der Waals surface area contributed by atoms with Crippen LogP contribution in [-0.2, 0) is 20.8 Å². The first-order chi connectivity index (χ1) is 11.9. The highest BCUT2D eigenvalue weighted by molar-refractivity contribution is 7.92. The Morgan fingerprint density at radius 1 is 1.24 bits per heavy atom. The number of hydrogen-bond acceptors (Lipinski definition) is 5. The van der Waals surface area contributed by atoms with E-state index in [1.807, 2.05) is 23.6 Å². The summed E-state index contributed by atoms with van der Waals surface area (Å²) in [5.41, 5.74) is 1.32. The zero-order valence-electron chi connectivity index (χ0n) is 13.8. The van der Waals surface area contributed by atoms with E-state index in [1.165, 1.54) is 6.26 Å². The zero-order valence-corrected chi connectivity index (χ0v) is 15.5. The second kappa shape index (κ2) is 6.93. The van der Waals surface area contributed by atoms with E-state index in [0.29, 0.717) is 17.9 Å². The molecule has 1 aromatic carbocycles. The fourth-order valence-electron chi connectivity index (χ4n) is 2.55. The number of nitrogens with zero attached hydrogens (tertiary/aromatic N) is 3. The van der Waals surface area contributed by atoms with Crippen LogP contribution in [0.15, 0.2) is 47.9 Å². The lowest BCUT2D eigenvalue weighted by Crippen LogP contribution is -2.16. The van der Waals surface area contributed by atoms with Crippen LogP contribution in [0.5, 0.6) is 0 Å². The van der Waals surface area contributed by atoms with Crippen LogP contribution < -0.4 is 4.72 Å². The van der Waals surface area contributed by atoms with Crippen molar-refractivity contribution in [3.05, 3.63) is 42.7 Å². The minimum Gasteiger partial charge on any atom is -0.301 e. The molecule has 0 amide bonds. The number of fused-ring (bicyclic) bond motifs is 1. The first-order valence-electron chi connectivity index (χ1n) is 7.68. The molecule has 0 saturated heterocycles. The maximum Gasteiger partial charge on any atom is 0.232 e. The van der Waals surface area contributed by atoms with Crippen LogP contribution in [0.1, 0.15) is 13.3 Å². The third-order valence-electron chi connectivity index (χ3n) is 3.59. The van der Waals surface area contributed by atoms with Gasteiger partial charge in [-0.2, -0.15) is 0 Å². The molecule has 2 aromatic heterocycles. The number of nitrogens with one attached hydrogen (secondary N) is 1. The number of hydrogen-bond donors (Lipinski definition) is 1. The predicted molar refractivity (Wildman–Crippen MR) is 98.9 cm³/mol. The van der Waals surface area contributed by atoms with Gasteiger partial charge in [-0.15, -0.1) is 0 Å². The van der Waals surface area contributed by atoms with Crippen molar-refractivity contribution in [3.63, 3.8) is 0 Å². The first-order valence-corrected chi connectivity index (χ1v) is 10.9. The molecule has 0 fully saturated rings. The molecule has 132 valence electrons. The summed E-state index contributed by atoms with van der Waals surface area (Å²) < 4.78 is 40.2. The molecule has 0 aliphatic rings. The molecule has 3 aromatic rings. The Hall–Kier alpha value is -2.26. The second-order valence-electron chi connectivity index (χ2n) is 5.50. The van der Waals surface area contributed by atoms with Gasteiger partial charge in [-0.05, 0) is 30.7 Å². The molecule has 7 nitrogen and oxygen atoms in total. The summed E-state index contributed by atoms with van der Waals surface area (Å²) in [6.07, 6.45) is 5.42. The number of aromatic nitrogens is 3. The second-order valence-corrected chi connectivity index (χ2v) is 8.61. The van der Waals surface area contributed by atoms with E-state index < -0.39 is 20.8 Å². The monoisotopic (exact) mass is 378 g/mol. The summed E-state index contributed by atoms with van der Waals surface area (Å²) in [5.74, 6) is 0.644. The molecule has 0 spiro atoms. The fraction of sp³-hybridized carbons (Fsp3) is 0.250. The normalized spacial score (nSPS) is 13.0. The zero-order chi connectivity index (χ0) is 18.0. The van der Waals surface area contributed by atoms with Gasteiger partial charge in [0.2, 0.25) is 15.2 Å². The first kappa shape index (κ1) is 17.6. The molecule has 1 N–H and O–H groups in total. The average Bonchev–Trinajstić information content (AvgIpc) is 2.99. The Balaban J connectivity index is 2.07. The van der Waals surface area contributed by atoms with Crippen molar-refractivity contribution in [2.24, 2.45) is 0 Å². The van der Waals surface area contributed by atoms with Gasteiger partial charge in [0.05, 0.1) is 27.8 Å². The molecule has 1 unspecified atom stereocenters. The van der Waals surface area contributed by atoms with Gasteiger partial charge in [0.25, 0.3) is 0 Å². The number of sulfonamides is 1. The highest BCUT2D eigenvalue weighted by Gasteiger charge is 2.14. The van der Waals surface area contributed by atoms with Gasteiger partial charge in [0, 0.05) is 24.0 Å². The highest BCUT2D eigenvalue weighted by Crippen LogP contribution is 2.27. The van der Waals surface area contributed by atoms with Crippen molar-refractivity contribution >= 4 is 37.4 Å². The summed E-state index contributed by atoms with van der Waals surface area (Å²) in [4.78, 5) is 8.31. The van der Waals surface area contributed by atoms with E-state index in [-0.39, 0.29) is 10.9 Å².